The minimum atomic E-state index is -2.20. The van der Waals surface area contributed by atoms with Gasteiger partial charge in [0.05, 0.1) is 23.0 Å². The average Bonchev–Trinajstić information content (AvgIpc) is 1.85. The first-order valence-corrected chi connectivity index (χ1v) is 4.04. The number of rotatable bonds is 1. The lowest BCUT2D eigenvalue weighted by Crippen LogP contribution is -1.91. The first kappa shape index (κ1) is 7.87. The van der Waals surface area contributed by atoms with Crippen molar-refractivity contribution in [3.8, 4) is 0 Å². The predicted octanol–water partition coefficient (Wildman–Crippen LogP) is -0.186. The maximum atomic E-state index is 10.2. The average molecular weight is 170 g/mol. The van der Waals surface area contributed by atoms with Crippen LogP contribution in [0.2, 0.25) is 0 Å². The SMILES string of the molecule is Cc1cncc(C=S(=O)=O)n1. The number of aryl methyl sites for hydroxylation is 1. The van der Waals surface area contributed by atoms with Gasteiger partial charge < -0.3 is 0 Å². The zero-order valence-corrected chi connectivity index (χ0v) is 6.67. The Bertz CT molecular complexity index is 375. The van der Waals surface area contributed by atoms with Crippen LogP contribution in [0.1, 0.15) is 11.4 Å². The van der Waals surface area contributed by atoms with Crippen molar-refractivity contribution in [1.29, 1.82) is 0 Å². The van der Waals surface area contributed by atoms with Crippen molar-refractivity contribution in [3.63, 3.8) is 0 Å². The van der Waals surface area contributed by atoms with Crippen LogP contribution in [0.25, 0.3) is 0 Å². The van der Waals surface area contributed by atoms with Crippen molar-refractivity contribution in [1.82, 2.24) is 9.97 Å². The molecule has 0 saturated heterocycles. The molecule has 0 atom stereocenters. The van der Waals surface area contributed by atoms with Gasteiger partial charge in [-0.15, -0.1) is 0 Å². The first-order chi connectivity index (χ1) is 5.18. The minimum Gasteiger partial charge on any atom is -0.261 e. The van der Waals surface area contributed by atoms with Gasteiger partial charge in [-0.1, -0.05) is 0 Å². The van der Waals surface area contributed by atoms with E-state index >= 15 is 0 Å². The summed E-state index contributed by atoms with van der Waals surface area (Å²) in [5, 5.41) is 1.01. The standard InChI is InChI=1S/C6H6N2O2S/c1-5-2-7-3-6(8-5)4-11(9)10/h2-4H,1H3. The lowest BCUT2D eigenvalue weighted by molar-refractivity contribution is 0.627. The Morgan fingerprint density at radius 3 is 2.73 bits per heavy atom. The van der Waals surface area contributed by atoms with E-state index in [0.29, 0.717) is 11.4 Å². The van der Waals surface area contributed by atoms with Crippen LogP contribution < -0.4 is 0 Å². The molecule has 1 aromatic heterocycles. The van der Waals surface area contributed by atoms with Crippen LogP contribution >= 0.6 is 0 Å². The Morgan fingerprint density at radius 1 is 1.45 bits per heavy atom. The monoisotopic (exact) mass is 170 g/mol. The molecule has 0 saturated carbocycles. The molecule has 11 heavy (non-hydrogen) atoms. The zero-order chi connectivity index (χ0) is 8.27. The minimum absolute atomic E-state index is 0.360. The van der Waals surface area contributed by atoms with Gasteiger partial charge in [0.15, 0.2) is 0 Å². The van der Waals surface area contributed by atoms with Crippen LogP contribution in [0.5, 0.6) is 0 Å². The molecular weight excluding hydrogens is 164 g/mol. The van der Waals surface area contributed by atoms with Gasteiger partial charge >= 0.3 is 0 Å². The lowest BCUT2D eigenvalue weighted by atomic mass is 10.4. The molecule has 5 heteroatoms. The maximum absolute atomic E-state index is 10.2. The molecule has 0 amide bonds. The van der Waals surface area contributed by atoms with Crippen molar-refractivity contribution in [3.05, 3.63) is 23.8 Å². The summed E-state index contributed by atoms with van der Waals surface area (Å²) in [4.78, 5) is 7.67. The molecule has 0 bridgehead atoms. The molecule has 0 fully saturated rings. The number of nitrogens with zero attached hydrogens (tertiary/aromatic N) is 2. The highest BCUT2D eigenvalue weighted by atomic mass is 32.2. The molecule has 1 aromatic rings. The molecule has 0 radical (unpaired) electrons. The molecule has 0 spiro atoms. The van der Waals surface area contributed by atoms with Crippen LogP contribution in [-0.2, 0) is 10.3 Å². The molecule has 1 heterocycles. The van der Waals surface area contributed by atoms with E-state index in [-0.39, 0.29) is 0 Å². The summed E-state index contributed by atoms with van der Waals surface area (Å²) in [5.41, 5.74) is 1.06. The molecule has 0 N–H and O–H groups in total. The van der Waals surface area contributed by atoms with E-state index in [1.807, 2.05) is 0 Å². The molecule has 1 rings (SSSR count). The van der Waals surface area contributed by atoms with Gasteiger partial charge in [-0.3, -0.25) is 4.98 Å². The summed E-state index contributed by atoms with van der Waals surface area (Å²) in [6, 6.07) is 0. The quantitative estimate of drug-likeness (QED) is 0.548. The Labute approximate surface area is 65.5 Å². The Kier molecular flexibility index (Phi) is 2.32. The number of hydrogen-bond donors (Lipinski definition) is 0. The predicted molar refractivity (Wildman–Crippen MR) is 40.9 cm³/mol. The number of aromatic nitrogens is 2. The molecule has 0 aliphatic rings. The molecule has 0 unspecified atom stereocenters. The van der Waals surface area contributed by atoms with Crippen LogP contribution in [-0.4, -0.2) is 23.8 Å². The van der Waals surface area contributed by atoms with E-state index in [1.165, 1.54) is 6.20 Å². The largest absolute Gasteiger partial charge is 0.261 e. The summed E-state index contributed by atoms with van der Waals surface area (Å²) >= 11 is 0. The third-order valence-corrected chi connectivity index (χ3v) is 1.42. The van der Waals surface area contributed by atoms with Crippen LogP contribution in [0.3, 0.4) is 0 Å². The van der Waals surface area contributed by atoms with Crippen molar-refractivity contribution < 1.29 is 8.42 Å². The highest BCUT2D eigenvalue weighted by Crippen LogP contribution is 1.89. The van der Waals surface area contributed by atoms with Crippen LogP contribution in [0.4, 0.5) is 0 Å². The van der Waals surface area contributed by atoms with E-state index in [9.17, 15) is 8.42 Å². The van der Waals surface area contributed by atoms with Gasteiger partial charge in [0, 0.05) is 6.20 Å². The Balaban J connectivity index is 3.17. The van der Waals surface area contributed by atoms with Gasteiger partial charge in [-0.2, -0.15) is 8.42 Å². The maximum Gasteiger partial charge on any atom is 0.216 e. The fraction of sp³-hybridized carbons (Fsp3) is 0.167. The highest BCUT2D eigenvalue weighted by Gasteiger charge is 1.89. The summed E-state index contributed by atoms with van der Waals surface area (Å²) in [6.07, 6.45) is 2.95. The van der Waals surface area contributed by atoms with Crippen molar-refractivity contribution in [2.75, 3.05) is 0 Å². The molecule has 0 aromatic carbocycles. The Morgan fingerprint density at radius 2 is 2.18 bits per heavy atom. The molecule has 4 nitrogen and oxygen atoms in total. The summed E-state index contributed by atoms with van der Waals surface area (Å²) < 4.78 is 20.3. The van der Waals surface area contributed by atoms with Gasteiger partial charge in [0.2, 0.25) is 10.3 Å². The molecule has 58 valence electrons. The van der Waals surface area contributed by atoms with Gasteiger partial charge in [-0.05, 0) is 6.92 Å². The fourth-order valence-electron chi connectivity index (χ4n) is 0.638. The van der Waals surface area contributed by atoms with Crippen LogP contribution in [0, 0.1) is 6.92 Å². The van der Waals surface area contributed by atoms with Gasteiger partial charge in [-0.25, -0.2) is 4.98 Å². The molecular formula is C6H6N2O2S. The fourth-order valence-corrected chi connectivity index (χ4v) is 0.949. The second kappa shape index (κ2) is 3.25. The lowest BCUT2D eigenvalue weighted by Gasteiger charge is -1.89. The van der Waals surface area contributed by atoms with Crippen molar-refractivity contribution in [2.45, 2.75) is 6.92 Å². The van der Waals surface area contributed by atoms with Gasteiger partial charge in [0.1, 0.15) is 0 Å². The number of hydrogen-bond acceptors (Lipinski definition) is 4. The third-order valence-electron chi connectivity index (χ3n) is 0.991. The summed E-state index contributed by atoms with van der Waals surface area (Å²) in [5.74, 6) is 0. The first-order valence-electron chi connectivity index (χ1n) is 2.90. The third kappa shape index (κ3) is 2.46. The van der Waals surface area contributed by atoms with Crippen LogP contribution in [0.15, 0.2) is 12.4 Å². The second-order valence-corrected chi connectivity index (χ2v) is 2.72. The summed E-state index contributed by atoms with van der Waals surface area (Å²) in [7, 11) is -2.20. The van der Waals surface area contributed by atoms with Crippen molar-refractivity contribution in [2.24, 2.45) is 0 Å². The normalized spacial score (nSPS) is 9.18. The van der Waals surface area contributed by atoms with E-state index in [4.69, 9.17) is 0 Å². The molecule has 0 aliphatic carbocycles. The van der Waals surface area contributed by atoms with E-state index in [1.54, 1.807) is 13.1 Å². The smallest absolute Gasteiger partial charge is 0.216 e. The highest BCUT2D eigenvalue weighted by molar-refractivity contribution is 7.71. The van der Waals surface area contributed by atoms with Crippen molar-refractivity contribution >= 4 is 15.7 Å². The van der Waals surface area contributed by atoms with Gasteiger partial charge in [0.25, 0.3) is 0 Å². The summed E-state index contributed by atoms with van der Waals surface area (Å²) in [6.45, 7) is 1.75. The second-order valence-electron chi connectivity index (χ2n) is 1.96. The topological polar surface area (TPSA) is 59.9 Å². The van der Waals surface area contributed by atoms with E-state index < -0.39 is 10.3 Å². The zero-order valence-electron chi connectivity index (χ0n) is 5.85. The van der Waals surface area contributed by atoms with E-state index in [2.05, 4.69) is 9.97 Å². The Hall–Kier alpha value is -1.23. The molecule has 0 aliphatic heterocycles. The van der Waals surface area contributed by atoms with E-state index in [0.717, 1.165) is 5.37 Å².